The minimum Gasteiger partial charge on any atom is -0.379 e. The Kier molecular flexibility index (Phi) is 4.47. The van der Waals surface area contributed by atoms with E-state index in [-0.39, 0.29) is 17.8 Å². The second-order valence-corrected chi connectivity index (χ2v) is 5.51. The fourth-order valence-electron chi connectivity index (χ4n) is 2.71. The highest BCUT2D eigenvalue weighted by atomic mass is 19.4. The minimum absolute atomic E-state index is 0.0838. The number of nitrogens with one attached hydrogen (secondary N) is 1. The van der Waals surface area contributed by atoms with Crippen molar-refractivity contribution in [1.82, 2.24) is 9.97 Å². The molecule has 0 aliphatic carbocycles. The van der Waals surface area contributed by atoms with Crippen LogP contribution < -0.4 is 5.32 Å². The molecule has 1 aliphatic heterocycles. The summed E-state index contributed by atoms with van der Waals surface area (Å²) in [6.45, 7) is 0.873. The van der Waals surface area contributed by atoms with E-state index in [1.807, 2.05) is 12.1 Å². The Labute approximate surface area is 131 Å². The number of rotatable bonds is 4. The normalized spacial score (nSPS) is 21.3. The number of aromatic nitrogens is 2. The molecule has 122 valence electrons. The van der Waals surface area contributed by atoms with Crippen molar-refractivity contribution >= 4 is 5.82 Å². The summed E-state index contributed by atoms with van der Waals surface area (Å²) in [6.07, 6.45) is 1.04. The summed E-state index contributed by atoms with van der Waals surface area (Å²) < 4.78 is 44.6. The van der Waals surface area contributed by atoms with E-state index in [1.54, 1.807) is 12.4 Å². The molecule has 4 nitrogen and oxygen atoms in total. The van der Waals surface area contributed by atoms with Crippen LogP contribution in [0.5, 0.6) is 0 Å². The zero-order valence-corrected chi connectivity index (χ0v) is 12.3. The number of anilines is 1. The first-order chi connectivity index (χ1) is 11.0. The fourth-order valence-corrected chi connectivity index (χ4v) is 2.71. The Balaban J connectivity index is 1.75. The van der Waals surface area contributed by atoms with Crippen molar-refractivity contribution in [1.29, 1.82) is 0 Å². The van der Waals surface area contributed by atoms with Gasteiger partial charge in [-0.3, -0.25) is 4.98 Å². The molecule has 23 heavy (non-hydrogen) atoms. The van der Waals surface area contributed by atoms with Crippen molar-refractivity contribution in [2.45, 2.75) is 18.6 Å². The fraction of sp³-hybridized carbons (Fsp3) is 0.375. The van der Waals surface area contributed by atoms with Gasteiger partial charge in [-0.15, -0.1) is 0 Å². The number of pyridine rings is 2. The molecule has 1 aliphatic rings. The molecule has 0 unspecified atom stereocenters. The molecule has 0 bridgehead atoms. The van der Waals surface area contributed by atoms with E-state index >= 15 is 0 Å². The van der Waals surface area contributed by atoms with E-state index in [0.717, 1.165) is 11.6 Å². The van der Waals surface area contributed by atoms with E-state index in [0.29, 0.717) is 19.6 Å². The molecule has 2 aromatic rings. The lowest BCUT2D eigenvalue weighted by molar-refractivity contribution is -0.137. The standard InChI is InChI=1S/C16H16F3N3O/c17-16(18,19)13-2-1-5-21-15(13)22-14-10-23-9-12(14)8-11-3-6-20-7-4-11/h1-7,12,14H,8-10H2,(H,21,22)/t12-,14+/m1/s1. The smallest absolute Gasteiger partial charge is 0.379 e. The van der Waals surface area contributed by atoms with E-state index in [9.17, 15) is 13.2 Å². The Morgan fingerprint density at radius 3 is 2.65 bits per heavy atom. The van der Waals surface area contributed by atoms with Crippen molar-refractivity contribution in [3.63, 3.8) is 0 Å². The summed E-state index contributed by atoms with van der Waals surface area (Å²) >= 11 is 0. The van der Waals surface area contributed by atoms with Crippen LogP contribution in [0.2, 0.25) is 0 Å². The van der Waals surface area contributed by atoms with E-state index in [4.69, 9.17) is 4.74 Å². The molecular weight excluding hydrogens is 307 g/mol. The molecule has 2 aromatic heterocycles. The molecule has 0 spiro atoms. The van der Waals surface area contributed by atoms with Gasteiger partial charge in [-0.1, -0.05) is 0 Å². The maximum absolute atomic E-state index is 13.0. The van der Waals surface area contributed by atoms with Gasteiger partial charge in [-0.25, -0.2) is 4.98 Å². The number of hydrogen-bond donors (Lipinski definition) is 1. The molecule has 0 amide bonds. The van der Waals surface area contributed by atoms with Crippen LogP contribution >= 0.6 is 0 Å². The lowest BCUT2D eigenvalue weighted by Gasteiger charge is -2.21. The summed E-state index contributed by atoms with van der Waals surface area (Å²) in [5, 5.41) is 2.91. The van der Waals surface area contributed by atoms with Crippen molar-refractivity contribution in [2.24, 2.45) is 5.92 Å². The molecule has 7 heteroatoms. The van der Waals surface area contributed by atoms with Gasteiger partial charge in [0.25, 0.3) is 0 Å². The highest BCUT2D eigenvalue weighted by Gasteiger charge is 2.36. The van der Waals surface area contributed by atoms with Crippen LogP contribution in [0.3, 0.4) is 0 Å². The SMILES string of the molecule is FC(F)(F)c1cccnc1N[C@H]1COC[C@H]1Cc1ccncc1. The number of halogens is 3. The van der Waals surface area contributed by atoms with Gasteiger partial charge in [-0.2, -0.15) is 13.2 Å². The predicted molar refractivity (Wildman–Crippen MR) is 78.9 cm³/mol. The summed E-state index contributed by atoms with van der Waals surface area (Å²) in [4.78, 5) is 7.82. The maximum Gasteiger partial charge on any atom is 0.419 e. The second kappa shape index (κ2) is 6.54. The van der Waals surface area contributed by atoms with Crippen LogP contribution in [0, 0.1) is 5.92 Å². The molecule has 0 saturated carbocycles. The lowest BCUT2D eigenvalue weighted by Crippen LogP contribution is -2.30. The minimum atomic E-state index is -4.43. The molecule has 3 rings (SSSR count). The summed E-state index contributed by atoms with van der Waals surface area (Å²) in [5.41, 5.74) is 0.328. The van der Waals surface area contributed by atoms with Gasteiger partial charge in [0.05, 0.1) is 24.8 Å². The lowest BCUT2D eigenvalue weighted by atomic mass is 9.95. The topological polar surface area (TPSA) is 47.0 Å². The highest BCUT2D eigenvalue weighted by Crippen LogP contribution is 2.34. The van der Waals surface area contributed by atoms with Crippen LogP contribution in [0.25, 0.3) is 0 Å². The van der Waals surface area contributed by atoms with Crippen LogP contribution in [0.1, 0.15) is 11.1 Å². The summed E-state index contributed by atoms with van der Waals surface area (Å²) in [7, 11) is 0. The van der Waals surface area contributed by atoms with Crippen LogP contribution in [-0.2, 0) is 17.3 Å². The van der Waals surface area contributed by atoms with Gasteiger partial charge in [0.15, 0.2) is 0 Å². The maximum atomic E-state index is 13.0. The first-order valence-corrected chi connectivity index (χ1v) is 7.29. The third kappa shape index (κ3) is 3.79. The third-order valence-corrected chi connectivity index (χ3v) is 3.88. The first kappa shape index (κ1) is 15.7. The van der Waals surface area contributed by atoms with Gasteiger partial charge in [0, 0.05) is 24.5 Å². The Hall–Kier alpha value is -2.15. The van der Waals surface area contributed by atoms with Gasteiger partial charge in [0.1, 0.15) is 5.82 Å². The number of ether oxygens (including phenoxy) is 1. The molecule has 1 N–H and O–H groups in total. The second-order valence-electron chi connectivity index (χ2n) is 5.51. The van der Waals surface area contributed by atoms with Crippen molar-refractivity contribution in [3.8, 4) is 0 Å². The van der Waals surface area contributed by atoms with Gasteiger partial charge in [0.2, 0.25) is 0 Å². The highest BCUT2D eigenvalue weighted by molar-refractivity contribution is 5.46. The summed E-state index contributed by atoms with van der Waals surface area (Å²) in [6, 6.07) is 5.91. The van der Waals surface area contributed by atoms with Crippen molar-refractivity contribution in [2.75, 3.05) is 18.5 Å². The quantitative estimate of drug-likeness (QED) is 0.939. The molecule has 0 radical (unpaired) electrons. The molecule has 0 aromatic carbocycles. The first-order valence-electron chi connectivity index (χ1n) is 7.29. The van der Waals surface area contributed by atoms with Crippen LogP contribution in [0.15, 0.2) is 42.9 Å². The zero-order valence-electron chi connectivity index (χ0n) is 12.3. The number of nitrogens with zero attached hydrogens (tertiary/aromatic N) is 2. The monoisotopic (exact) mass is 323 g/mol. The van der Waals surface area contributed by atoms with Gasteiger partial charge < -0.3 is 10.1 Å². The van der Waals surface area contributed by atoms with Crippen LogP contribution in [-0.4, -0.2) is 29.2 Å². The van der Waals surface area contributed by atoms with Gasteiger partial charge in [-0.05, 0) is 36.2 Å². The predicted octanol–water partition coefficient (Wildman–Crippen LogP) is 3.17. The van der Waals surface area contributed by atoms with E-state index in [1.165, 1.54) is 12.3 Å². The number of alkyl halides is 3. The van der Waals surface area contributed by atoms with Crippen molar-refractivity contribution < 1.29 is 17.9 Å². The zero-order chi connectivity index (χ0) is 16.3. The third-order valence-electron chi connectivity index (χ3n) is 3.88. The Morgan fingerprint density at radius 1 is 1.13 bits per heavy atom. The van der Waals surface area contributed by atoms with E-state index < -0.39 is 11.7 Å². The average molecular weight is 323 g/mol. The largest absolute Gasteiger partial charge is 0.419 e. The molecular formula is C16H16F3N3O. The molecule has 3 heterocycles. The summed E-state index contributed by atoms with van der Waals surface area (Å²) in [5.74, 6) is -0.0595. The van der Waals surface area contributed by atoms with Crippen LogP contribution in [0.4, 0.5) is 19.0 Å². The Morgan fingerprint density at radius 2 is 1.91 bits per heavy atom. The van der Waals surface area contributed by atoms with Gasteiger partial charge >= 0.3 is 6.18 Å². The van der Waals surface area contributed by atoms with E-state index in [2.05, 4.69) is 15.3 Å². The number of hydrogen-bond acceptors (Lipinski definition) is 4. The average Bonchev–Trinajstić information content (AvgIpc) is 2.95. The molecule has 2 atom stereocenters. The Bertz CT molecular complexity index is 649. The molecule has 1 saturated heterocycles. The van der Waals surface area contributed by atoms with Crippen molar-refractivity contribution in [3.05, 3.63) is 54.0 Å². The molecule has 1 fully saturated rings.